The number of aromatic amines is 1. The molecular weight excluding hydrogens is 326 g/mol. The molecule has 2 aromatic rings. The molecule has 2 aromatic heterocycles. The molecule has 1 atom stereocenters. The lowest BCUT2D eigenvalue weighted by Gasteiger charge is -2.35. The Labute approximate surface area is 144 Å². The molecule has 0 radical (unpaired) electrons. The molecule has 8 heteroatoms. The van der Waals surface area contributed by atoms with Crippen molar-refractivity contribution in [3.8, 4) is 0 Å². The second-order valence-corrected chi connectivity index (χ2v) is 6.44. The van der Waals surface area contributed by atoms with Crippen LogP contribution in [0.2, 0.25) is 0 Å². The van der Waals surface area contributed by atoms with Crippen molar-refractivity contribution >= 4 is 23.6 Å². The van der Waals surface area contributed by atoms with Gasteiger partial charge in [-0.15, -0.1) is 11.8 Å². The zero-order valence-electron chi connectivity index (χ0n) is 13.4. The van der Waals surface area contributed by atoms with Crippen LogP contribution in [0.3, 0.4) is 0 Å². The Hall–Kier alpha value is -2.35. The average molecular weight is 345 g/mol. The number of rotatable bonds is 4. The van der Waals surface area contributed by atoms with Crippen molar-refractivity contribution in [1.29, 1.82) is 0 Å². The number of nitrogens with one attached hydrogen (secondary N) is 1. The number of aromatic nitrogens is 3. The highest BCUT2D eigenvalue weighted by Crippen LogP contribution is 2.32. The first-order valence-corrected chi connectivity index (χ1v) is 8.99. The van der Waals surface area contributed by atoms with Gasteiger partial charge in [0.15, 0.2) is 0 Å². The third kappa shape index (κ3) is 3.14. The lowest BCUT2D eigenvalue weighted by atomic mass is 9.98. The highest BCUT2D eigenvalue weighted by atomic mass is 32.2. The maximum Gasteiger partial charge on any atom is 0.269 e. The van der Waals surface area contributed by atoms with Gasteiger partial charge >= 0.3 is 0 Å². The van der Waals surface area contributed by atoms with Gasteiger partial charge in [-0.2, -0.15) is 5.10 Å². The molecule has 0 aliphatic carbocycles. The van der Waals surface area contributed by atoms with Crippen LogP contribution in [0, 0.1) is 0 Å². The summed E-state index contributed by atoms with van der Waals surface area (Å²) < 4.78 is 0. The first kappa shape index (κ1) is 16.5. The minimum Gasteiger partial charge on any atom is -0.364 e. The van der Waals surface area contributed by atoms with E-state index in [1.807, 2.05) is 11.2 Å². The highest BCUT2D eigenvalue weighted by Gasteiger charge is 2.31. The van der Waals surface area contributed by atoms with Crippen molar-refractivity contribution in [3.63, 3.8) is 0 Å². The van der Waals surface area contributed by atoms with Crippen molar-refractivity contribution in [2.75, 3.05) is 12.8 Å². The third-order valence-corrected chi connectivity index (χ3v) is 4.88. The van der Waals surface area contributed by atoms with Gasteiger partial charge in [-0.3, -0.25) is 14.7 Å². The van der Waals surface area contributed by atoms with Crippen molar-refractivity contribution in [2.45, 2.75) is 30.3 Å². The quantitative estimate of drug-likeness (QED) is 0.825. The number of pyridine rings is 1. The van der Waals surface area contributed by atoms with Crippen molar-refractivity contribution in [2.24, 2.45) is 5.73 Å². The predicted octanol–water partition coefficient (Wildman–Crippen LogP) is 1.99. The molecule has 1 aliphatic heterocycles. The fourth-order valence-corrected chi connectivity index (χ4v) is 3.54. The number of carbonyl (C=O) groups is 2. The summed E-state index contributed by atoms with van der Waals surface area (Å²) in [6.07, 6.45) is 6.38. The fourth-order valence-electron chi connectivity index (χ4n) is 3.00. The van der Waals surface area contributed by atoms with E-state index in [4.69, 9.17) is 5.73 Å². The maximum absolute atomic E-state index is 13.1. The first-order chi connectivity index (χ1) is 11.6. The molecule has 7 nitrogen and oxygen atoms in total. The van der Waals surface area contributed by atoms with E-state index in [1.54, 1.807) is 24.4 Å². The Balaban J connectivity index is 1.91. The largest absolute Gasteiger partial charge is 0.364 e. The van der Waals surface area contributed by atoms with Crippen LogP contribution in [0.25, 0.3) is 0 Å². The summed E-state index contributed by atoms with van der Waals surface area (Å²) in [5.41, 5.74) is 6.80. The molecule has 0 bridgehead atoms. The topological polar surface area (TPSA) is 105 Å². The zero-order valence-corrected chi connectivity index (χ0v) is 14.2. The van der Waals surface area contributed by atoms with Gasteiger partial charge < -0.3 is 10.6 Å². The summed E-state index contributed by atoms with van der Waals surface area (Å²) >= 11 is 1.45. The Morgan fingerprint density at radius 3 is 2.96 bits per heavy atom. The van der Waals surface area contributed by atoms with E-state index < -0.39 is 5.91 Å². The summed E-state index contributed by atoms with van der Waals surface area (Å²) in [6, 6.07) is 5.07. The molecule has 126 valence electrons. The zero-order chi connectivity index (χ0) is 17.1. The summed E-state index contributed by atoms with van der Waals surface area (Å²) in [5.74, 6) is -0.629. The molecule has 3 rings (SSSR count). The standard InChI is InChI=1S/C16H19N5O2S/c1-24-15-10(5-4-7-18-15)16(23)21-8-3-2-6-13(21)11-9-12(14(17)22)20-19-11/h4-5,7,9,13H,2-3,6,8H2,1H3,(H2,17,22)(H,19,20)/t13-/m0/s1. The Morgan fingerprint density at radius 2 is 2.25 bits per heavy atom. The number of hydrogen-bond acceptors (Lipinski definition) is 5. The van der Waals surface area contributed by atoms with Crippen molar-refractivity contribution < 1.29 is 9.59 Å². The molecule has 1 aliphatic rings. The van der Waals surface area contributed by atoms with Crippen LogP contribution in [0.15, 0.2) is 29.4 Å². The number of nitrogens with two attached hydrogens (primary N) is 1. The van der Waals surface area contributed by atoms with Gasteiger partial charge in [0.1, 0.15) is 10.7 Å². The Kier molecular flexibility index (Phi) is 4.84. The van der Waals surface area contributed by atoms with Gasteiger partial charge in [0.05, 0.1) is 17.3 Å². The van der Waals surface area contributed by atoms with Crippen LogP contribution < -0.4 is 5.73 Å². The van der Waals surface area contributed by atoms with Crippen LogP contribution in [0.1, 0.15) is 51.8 Å². The number of piperidine rings is 1. The minimum atomic E-state index is -0.580. The molecule has 0 spiro atoms. The molecule has 3 heterocycles. The maximum atomic E-state index is 13.1. The molecule has 1 saturated heterocycles. The van der Waals surface area contributed by atoms with E-state index >= 15 is 0 Å². The van der Waals surface area contributed by atoms with Crippen LogP contribution in [0.4, 0.5) is 0 Å². The van der Waals surface area contributed by atoms with Gasteiger partial charge in [-0.05, 0) is 43.7 Å². The monoisotopic (exact) mass is 345 g/mol. The summed E-state index contributed by atoms with van der Waals surface area (Å²) in [4.78, 5) is 30.4. The van der Waals surface area contributed by atoms with E-state index in [2.05, 4.69) is 15.2 Å². The van der Waals surface area contributed by atoms with Gasteiger partial charge in [0, 0.05) is 12.7 Å². The molecule has 3 N–H and O–H groups in total. The number of nitrogens with zero attached hydrogens (tertiary/aromatic N) is 3. The smallest absolute Gasteiger partial charge is 0.269 e. The number of thioether (sulfide) groups is 1. The number of carbonyl (C=O) groups excluding carboxylic acids is 2. The van der Waals surface area contributed by atoms with E-state index in [-0.39, 0.29) is 17.6 Å². The van der Waals surface area contributed by atoms with Gasteiger partial charge in [-0.1, -0.05) is 0 Å². The number of hydrogen-bond donors (Lipinski definition) is 2. The highest BCUT2D eigenvalue weighted by molar-refractivity contribution is 7.98. The number of amides is 2. The van der Waals surface area contributed by atoms with Crippen molar-refractivity contribution in [1.82, 2.24) is 20.1 Å². The van der Waals surface area contributed by atoms with E-state index in [9.17, 15) is 9.59 Å². The second kappa shape index (κ2) is 7.04. The normalized spacial score (nSPS) is 17.7. The van der Waals surface area contributed by atoms with Gasteiger partial charge in [0.25, 0.3) is 11.8 Å². The van der Waals surface area contributed by atoms with E-state index in [0.29, 0.717) is 17.1 Å². The Bertz CT molecular complexity index is 760. The molecule has 2 amide bonds. The molecular formula is C16H19N5O2S. The molecule has 1 fully saturated rings. The minimum absolute atomic E-state index is 0.0487. The van der Waals surface area contributed by atoms with Crippen molar-refractivity contribution in [3.05, 3.63) is 41.3 Å². The lowest BCUT2D eigenvalue weighted by molar-refractivity contribution is 0.0601. The Morgan fingerprint density at radius 1 is 1.42 bits per heavy atom. The average Bonchev–Trinajstić information content (AvgIpc) is 3.11. The summed E-state index contributed by atoms with van der Waals surface area (Å²) in [5, 5.41) is 7.51. The fraction of sp³-hybridized carbons (Fsp3) is 0.375. The van der Waals surface area contributed by atoms with Crippen LogP contribution in [0.5, 0.6) is 0 Å². The van der Waals surface area contributed by atoms with Crippen LogP contribution in [-0.2, 0) is 0 Å². The van der Waals surface area contributed by atoms with E-state index in [0.717, 1.165) is 25.0 Å². The van der Waals surface area contributed by atoms with E-state index in [1.165, 1.54) is 11.8 Å². The van der Waals surface area contributed by atoms with Crippen LogP contribution >= 0.6 is 11.8 Å². The molecule has 0 saturated carbocycles. The molecule has 0 aromatic carbocycles. The molecule has 0 unspecified atom stereocenters. The summed E-state index contributed by atoms with van der Waals surface area (Å²) in [6.45, 7) is 0.664. The summed E-state index contributed by atoms with van der Waals surface area (Å²) in [7, 11) is 0. The SMILES string of the molecule is CSc1ncccc1C(=O)N1CCCC[C@H]1c1cc(C(N)=O)n[nH]1. The van der Waals surface area contributed by atoms with Gasteiger partial charge in [0.2, 0.25) is 0 Å². The van der Waals surface area contributed by atoms with Crippen LogP contribution in [-0.4, -0.2) is 44.7 Å². The molecule has 24 heavy (non-hydrogen) atoms. The number of likely N-dealkylation sites (tertiary alicyclic amines) is 1. The van der Waals surface area contributed by atoms with Gasteiger partial charge in [-0.25, -0.2) is 4.98 Å². The predicted molar refractivity (Wildman–Crippen MR) is 90.8 cm³/mol. The first-order valence-electron chi connectivity index (χ1n) is 7.77. The second-order valence-electron chi connectivity index (χ2n) is 5.64. The number of primary amides is 1. The lowest BCUT2D eigenvalue weighted by Crippen LogP contribution is -2.39. The number of H-pyrrole nitrogens is 1. The third-order valence-electron chi connectivity index (χ3n) is 4.17.